The third-order valence-electron chi connectivity index (χ3n) is 2.45. The van der Waals surface area contributed by atoms with Crippen molar-refractivity contribution in [1.82, 2.24) is 0 Å². The largest absolute Gasteiger partial charge is 0.617 e. The molecule has 0 saturated carbocycles. The van der Waals surface area contributed by atoms with E-state index in [9.17, 15) is 15.3 Å². The number of rotatable bonds is 3. The van der Waals surface area contributed by atoms with Crippen LogP contribution in [0.1, 0.15) is 21.3 Å². The molecular weight excluding hydrogens is 256 g/mol. The van der Waals surface area contributed by atoms with E-state index in [2.05, 4.69) is 0 Å². The van der Waals surface area contributed by atoms with E-state index >= 15 is 0 Å². The van der Waals surface area contributed by atoms with Crippen LogP contribution < -0.4 is 4.73 Å². The van der Waals surface area contributed by atoms with Crippen molar-refractivity contribution in [2.45, 2.75) is 13.8 Å². The fourth-order valence-electron chi connectivity index (χ4n) is 1.37. The van der Waals surface area contributed by atoms with Crippen molar-refractivity contribution in [2.24, 2.45) is 0 Å². The zero-order valence-corrected chi connectivity index (χ0v) is 10.6. The maximum atomic E-state index is 11.7. The molecular formula is C11H10N2O4S. The quantitative estimate of drug-likeness (QED) is 0.370. The van der Waals surface area contributed by atoms with Crippen molar-refractivity contribution in [1.29, 1.82) is 0 Å². The Kier molecular flexibility index (Phi) is 3.15. The standard InChI is InChI=1S/C11H10N2O4S/c1-7-8(2)18-11(12(7)14)6-4-9-3-5-10(17-9)13(15)16/h3-6H,1-2H3. The highest BCUT2D eigenvalue weighted by Gasteiger charge is 2.14. The lowest BCUT2D eigenvalue weighted by Crippen LogP contribution is -2.29. The summed E-state index contributed by atoms with van der Waals surface area (Å²) < 4.78 is 5.78. The Hall–Kier alpha value is -2.15. The van der Waals surface area contributed by atoms with Gasteiger partial charge in [0.25, 0.3) is 5.01 Å². The predicted octanol–water partition coefficient (Wildman–Crippen LogP) is 2.67. The minimum Gasteiger partial charge on any atom is -0.617 e. The molecule has 6 nitrogen and oxygen atoms in total. The lowest BCUT2D eigenvalue weighted by molar-refractivity contribution is -0.608. The average molecular weight is 266 g/mol. The fourth-order valence-corrected chi connectivity index (χ4v) is 2.27. The molecule has 0 amide bonds. The molecule has 2 rings (SSSR count). The molecule has 0 saturated heterocycles. The summed E-state index contributed by atoms with van der Waals surface area (Å²) in [6.07, 6.45) is 3.12. The molecule has 94 valence electrons. The van der Waals surface area contributed by atoms with E-state index in [0.29, 0.717) is 16.5 Å². The van der Waals surface area contributed by atoms with Crippen LogP contribution in [-0.2, 0) is 0 Å². The van der Waals surface area contributed by atoms with Crippen LogP contribution in [0, 0.1) is 29.2 Å². The first-order chi connectivity index (χ1) is 8.49. The molecule has 2 aromatic heterocycles. The fraction of sp³-hybridized carbons (Fsp3) is 0.182. The summed E-state index contributed by atoms with van der Waals surface area (Å²) in [6, 6.07) is 2.76. The minimum atomic E-state index is -0.607. The van der Waals surface area contributed by atoms with E-state index in [0.717, 1.165) is 9.61 Å². The van der Waals surface area contributed by atoms with Gasteiger partial charge in [0, 0.05) is 13.0 Å². The van der Waals surface area contributed by atoms with E-state index < -0.39 is 4.92 Å². The van der Waals surface area contributed by atoms with E-state index in [-0.39, 0.29) is 5.88 Å². The number of hydrogen-bond acceptors (Lipinski definition) is 5. The highest BCUT2D eigenvalue weighted by Crippen LogP contribution is 2.20. The molecule has 18 heavy (non-hydrogen) atoms. The van der Waals surface area contributed by atoms with Gasteiger partial charge in [-0.15, -0.1) is 0 Å². The number of hydrogen-bond donors (Lipinski definition) is 0. The van der Waals surface area contributed by atoms with Crippen LogP contribution in [0.25, 0.3) is 12.2 Å². The van der Waals surface area contributed by atoms with Gasteiger partial charge in [0.15, 0.2) is 0 Å². The van der Waals surface area contributed by atoms with Crippen molar-refractivity contribution in [3.8, 4) is 0 Å². The van der Waals surface area contributed by atoms with Gasteiger partial charge in [0.2, 0.25) is 5.69 Å². The third kappa shape index (κ3) is 2.25. The van der Waals surface area contributed by atoms with E-state index in [1.165, 1.54) is 29.5 Å². The van der Waals surface area contributed by atoms with Crippen LogP contribution in [0.5, 0.6) is 0 Å². The van der Waals surface area contributed by atoms with Gasteiger partial charge in [-0.1, -0.05) is 11.3 Å². The summed E-state index contributed by atoms with van der Waals surface area (Å²) in [5.41, 5.74) is 0.657. The van der Waals surface area contributed by atoms with Crippen molar-refractivity contribution >= 4 is 29.4 Å². The summed E-state index contributed by atoms with van der Waals surface area (Å²) in [5.74, 6) is 0.0218. The number of nitro groups is 1. The smallest absolute Gasteiger partial charge is 0.433 e. The Morgan fingerprint density at radius 3 is 2.61 bits per heavy atom. The summed E-state index contributed by atoms with van der Waals surface area (Å²) in [5, 5.41) is 22.6. The molecule has 0 spiro atoms. The molecule has 2 heterocycles. The number of thiazole rings is 1. The van der Waals surface area contributed by atoms with Crippen LogP contribution >= 0.6 is 11.3 Å². The second kappa shape index (κ2) is 4.61. The first-order valence-corrected chi connectivity index (χ1v) is 5.92. The molecule has 0 fully saturated rings. The van der Waals surface area contributed by atoms with Gasteiger partial charge in [0.1, 0.15) is 10.7 Å². The van der Waals surface area contributed by atoms with Gasteiger partial charge in [0.05, 0.1) is 10.9 Å². The number of furan rings is 1. The van der Waals surface area contributed by atoms with E-state index in [1.807, 2.05) is 6.92 Å². The van der Waals surface area contributed by atoms with Gasteiger partial charge in [-0.25, -0.2) is 0 Å². The Labute approximate surface area is 107 Å². The molecule has 0 aliphatic heterocycles. The number of nitrogens with zero attached hydrogens (tertiary/aromatic N) is 2. The summed E-state index contributed by atoms with van der Waals surface area (Å²) in [7, 11) is 0. The van der Waals surface area contributed by atoms with Crippen LogP contribution in [0.3, 0.4) is 0 Å². The summed E-state index contributed by atoms with van der Waals surface area (Å²) in [6.45, 7) is 3.61. The zero-order valence-electron chi connectivity index (χ0n) is 9.75. The van der Waals surface area contributed by atoms with Crippen LogP contribution in [-0.4, -0.2) is 4.92 Å². The van der Waals surface area contributed by atoms with Crippen molar-refractivity contribution in [3.63, 3.8) is 0 Å². The van der Waals surface area contributed by atoms with Gasteiger partial charge in [-0.2, -0.15) is 4.73 Å². The second-order valence-corrected chi connectivity index (χ2v) is 4.88. The molecule has 7 heteroatoms. The maximum Gasteiger partial charge on any atom is 0.433 e. The van der Waals surface area contributed by atoms with Gasteiger partial charge >= 0.3 is 5.88 Å². The SMILES string of the molecule is Cc1sc(C=Cc2ccc([N+](=O)[O-])o2)[n+]([O-])c1C. The molecule has 2 aromatic rings. The summed E-state index contributed by atoms with van der Waals surface area (Å²) in [4.78, 5) is 10.8. The monoisotopic (exact) mass is 266 g/mol. The molecule has 0 aromatic carbocycles. The normalized spacial score (nSPS) is 11.2. The average Bonchev–Trinajstić information content (AvgIpc) is 2.88. The predicted molar refractivity (Wildman–Crippen MR) is 67.0 cm³/mol. The molecule has 0 aliphatic carbocycles. The molecule has 0 radical (unpaired) electrons. The van der Waals surface area contributed by atoms with Crippen molar-refractivity contribution < 1.29 is 14.1 Å². The van der Waals surface area contributed by atoms with Crippen LogP contribution in [0.2, 0.25) is 0 Å². The van der Waals surface area contributed by atoms with Gasteiger partial charge in [-0.3, -0.25) is 10.1 Å². The Balaban J connectivity index is 2.24. The van der Waals surface area contributed by atoms with E-state index in [4.69, 9.17) is 4.42 Å². The van der Waals surface area contributed by atoms with Crippen molar-refractivity contribution in [2.75, 3.05) is 0 Å². The highest BCUT2D eigenvalue weighted by molar-refractivity contribution is 7.12. The Morgan fingerprint density at radius 2 is 2.11 bits per heavy atom. The van der Waals surface area contributed by atoms with Gasteiger partial charge < -0.3 is 9.62 Å². The minimum absolute atomic E-state index is 0.316. The molecule has 0 bridgehead atoms. The molecule has 0 atom stereocenters. The molecule has 0 unspecified atom stereocenters. The van der Waals surface area contributed by atoms with Crippen molar-refractivity contribution in [3.05, 3.63) is 48.8 Å². The Bertz CT molecular complexity index is 627. The maximum absolute atomic E-state index is 11.7. The first-order valence-electron chi connectivity index (χ1n) is 5.11. The summed E-state index contributed by atoms with van der Waals surface area (Å²) >= 11 is 1.36. The van der Waals surface area contributed by atoms with Gasteiger partial charge in [-0.05, 0) is 19.1 Å². The molecule has 0 N–H and O–H groups in total. The van der Waals surface area contributed by atoms with E-state index in [1.54, 1.807) is 13.0 Å². The Morgan fingerprint density at radius 1 is 1.39 bits per heavy atom. The third-order valence-corrected chi connectivity index (χ3v) is 3.57. The first kappa shape index (κ1) is 12.3. The second-order valence-electron chi connectivity index (χ2n) is 3.64. The van der Waals surface area contributed by atoms with Crippen LogP contribution in [0.4, 0.5) is 5.88 Å². The lowest BCUT2D eigenvalue weighted by Gasteiger charge is -1.94. The number of aromatic nitrogens is 1. The zero-order chi connectivity index (χ0) is 13.3. The lowest BCUT2D eigenvalue weighted by atomic mass is 10.4. The topological polar surface area (TPSA) is 83.2 Å². The highest BCUT2D eigenvalue weighted by atomic mass is 32.1. The molecule has 0 aliphatic rings. The number of aryl methyl sites for hydroxylation is 1. The van der Waals surface area contributed by atoms with Crippen LogP contribution in [0.15, 0.2) is 16.5 Å².